The predicted molar refractivity (Wildman–Crippen MR) is 119 cm³/mol. The van der Waals surface area contributed by atoms with Crippen molar-refractivity contribution < 1.29 is 19.5 Å². The molecule has 2 aromatic carbocycles. The van der Waals surface area contributed by atoms with Gasteiger partial charge in [0.2, 0.25) is 11.8 Å². The van der Waals surface area contributed by atoms with E-state index in [4.69, 9.17) is 0 Å². The average Bonchev–Trinajstić information content (AvgIpc) is 3.23. The van der Waals surface area contributed by atoms with Crippen LogP contribution in [0.15, 0.2) is 54.6 Å². The molecule has 1 unspecified atom stereocenters. The maximum absolute atomic E-state index is 13.1. The Hall–Kier alpha value is -3.15. The number of carbonyl (C=O) groups excluding carboxylic acids is 2. The number of carboxylic acid groups (broad SMARTS) is 1. The van der Waals surface area contributed by atoms with Gasteiger partial charge in [0.25, 0.3) is 0 Å². The number of nitrogens with zero attached hydrogens (tertiary/aromatic N) is 1. The van der Waals surface area contributed by atoms with Gasteiger partial charge in [-0.25, -0.2) is 0 Å². The lowest BCUT2D eigenvalue weighted by atomic mass is 9.81. The van der Waals surface area contributed by atoms with Gasteiger partial charge in [0, 0.05) is 20.5 Å². The van der Waals surface area contributed by atoms with E-state index in [-0.39, 0.29) is 18.2 Å². The van der Waals surface area contributed by atoms with E-state index in [0.29, 0.717) is 19.3 Å². The van der Waals surface area contributed by atoms with Crippen LogP contribution in [0.5, 0.6) is 0 Å². The minimum Gasteiger partial charge on any atom is -0.481 e. The van der Waals surface area contributed by atoms with E-state index in [1.165, 1.54) is 4.90 Å². The third-order valence-corrected chi connectivity index (χ3v) is 6.08. The molecule has 1 saturated carbocycles. The van der Waals surface area contributed by atoms with E-state index in [9.17, 15) is 19.5 Å². The first-order valence-electron chi connectivity index (χ1n) is 10.7. The minimum atomic E-state index is -0.982. The molecule has 1 aliphatic rings. The van der Waals surface area contributed by atoms with Gasteiger partial charge in [-0.05, 0) is 29.5 Å². The van der Waals surface area contributed by atoms with E-state index in [1.807, 2.05) is 54.6 Å². The van der Waals surface area contributed by atoms with Gasteiger partial charge >= 0.3 is 5.97 Å². The quantitative estimate of drug-likeness (QED) is 0.682. The third kappa shape index (κ3) is 5.51. The van der Waals surface area contributed by atoms with Crippen molar-refractivity contribution >= 4 is 17.8 Å². The largest absolute Gasteiger partial charge is 0.481 e. The average molecular weight is 423 g/mol. The summed E-state index contributed by atoms with van der Waals surface area (Å²) in [5, 5.41) is 12.2. The second-order valence-electron chi connectivity index (χ2n) is 8.58. The predicted octanol–water partition coefficient (Wildman–Crippen LogP) is 3.50. The molecule has 164 valence electrons. The summed E-state index contributed by atoms with van der Waals surface area (Å²) in [6.45, 7) is 0. The lowest BCUT2D eigenvalue weighted by Crippen LogP contribution is -2.52. The highest BCUT2D eigenvalue weighted by atomic mass is 16.4. The molecule has 6 nitrogen and oxygen atoms in total. The molecule has 0 saturated heterocycles. The van der Waals surface area contributed by atoms with Crippen LogP contribution in [-0.4, -0.2) is 47.9 Å². The Morgan fingerprint density at radius 3 is 2.10 bits per heavy atom. The van der Waals surface area contributed by atoms with Gasteiger partial charge in [-0.2, -0.15) is 0 Å². The monoisotopic (exact) mass is 422 g/mol. The molecule has 2 aromatic rings. The summed E-state index contributed by atoms with van der Waals surface area (Å²) >= 11 is 0. The van der Waals surface area contributed by atoms with Gasteiger partial charge in [0.1, 0.15) is 6.04 Å². The van der Waals surface area contributed by atoms with Crippen LogP contribution in [0.1, 0.15) is 37.7 Å². The van der Waals surface area contributed by atoms with Crippen LogP contribution in [0.25, 0.3) is 11.1 Å². The van der Waals surface area contributed by atoms with Crippen LogP contribution < -0.4 is 5.32 Å². The van der Waals surface area contributed by atoms with Crippen LogP contribution in [0.2, 0.25) is 0 Å². The highest BCUT2D eigenvalue weighted by Gasteiger charge is 2.44. The highest BCUT2D eigenvalue weighted by Crippen LogP contribution is 2.41. The van der Waals surface area contributed by atoms with Crippen molar-refractivity contribution in [1.29, 1.82) is 0 Å². The van der Waals surface area contributed by atoms with Gasteiger partial charge in [-0.15, -0.1) is 0 Å². The number of benzene rings is 2. The van der Waals surface area contributed by atoms with E-state index < -0.39 is 17.4 Å². The molecular formula is C25H30N2O4. The van der Waals surface area contributed by atoms with Crippen molar-refractivity contribution in [2.75, 3.05) is 14.1 Å². The molecule has 0 heterocycles. The number of hydrogen-bond acceptors (Lipinski definition) is 3. The van der Waals surface area contributed by atoms with Crippen molar-refractivity contribution in [3.05, 3.63) is 60.2 Å². The molecule has 2 N–H and O–H groups in total. The van der Waals surface area contributed by atoms with Crippen molar-refractivity contribution in [2.45, 2.75) is 44.6 Å². The van der Waals surface area contributed by atoms with E-state index in [1.54, 1.807) is 14.1 Å². The number of carbonyl (C=O) groups is 3. The summed E-state index contributed by atoms with van der Waals surface area (Å²) in [7, 11) is 3.31. The Labute approximate surface area is 183 Å². The van der Waals surface area contributed by atoms with Crippen molar-refractivity contribution in [3.63, 3.8) is 0 Å². The molecule has 1 atom stereocenters. The fourth-order valence-corrected chi connectivity index (χ4v) is 4.35. The van der Waals surface area contributed by atoms with Gasteiger partial charge in [-0.1, -0.05) is 67.4 Å². The van der Waals surface area contributed by atoms with Gasteiger partial charge < -0.3 is 15.3 Å². The van der Waals surface area contributed by atoms with Gasteiger partial charge in [-0.3, -0.25) is 14.4 Å². The summed E-state index contributed by atoms with van der Waals surface area (Å²) < 4.78 is 0. The molecule has 0 radical (unpaired) electrons. The summed E-state index contributed by atoms with van der Waals surface area (Å²) in [4.78, 5) is 38.8. The fraction of sp³-hybridized carbons (Fsp3) is 0.400. The molecule has 1 aliphatic carbocycles. The number of likely N-dealkylation sites (N-methyl/N-ethyl adjacent to an activating group) is 1. The maximum Gasteiger partial charge on any atom is 0.304 e. The Kier molecular flexibility index (Phi) is 7.10. The van der Waals surface area contributed by atoms with Gasteiger partial charge in [0.05, 0.1) is 11.8 Å². The zero-order chi connectivity index (χ0) is 22.4. The third-order valence-electron chi connectivity index (χ3n) is 6.08. The van der Waals surface area contributed by atoms with Crippen LogP contribution in [-0.2, 0) is 20.8 Å². The Morgan fingerprint density at radius 2 is 1.55 bits per heavy atom. The molecule has 2 amide bonds. The molecule has 0 aliphatic heterocycles. The molecule has 1 fully saturated rings. The first-order valence-corrected chi connectivity index (χ1v) is 10.7. The summed E-state index contributed by atoms with van der Waals surface area (Å²) in [5.41, 5.74) is 2.20. The topological polar surface area (TPSA) is 86.7 Å². The second-order valence-corrected chi connectivity index (χ2v) is 8.58. The SMILES string of the molecule is CN(C)C(=O)C(Cc1ccc(-c2ccccc2)cc1)NC(=O)C1(CC(=O)O)CCCC1. The van der Waals surface area contributed by atoms with Crippen molar-refractivity contribution in [2.24, 2.45) is 5.41 Å². The van der Waals surface area contributed by atoms with Crippen LogP contribution in [0.3, 0.4) is 0 Å². The normalized spacial score (nSPS) is 15.8. The number of amides is 2. The molecule has 0 spiro atoms. The van der Waals surface area contributed by atoms with E-state index >= 15 is 0 Å². The zero-order valence-electron chi connectivity index (χ0n) is 18.1. The first kappa shape index (κ1) is 22.5. The lowest BCUT2D eigenvalue weighted by molar-refractivity contribution is -0.146. The second kappa shape index (κ2) is 9.77. The fourth-order valence-electron chi connectivity index (χ4n) is 4.35. The van der Waals surface area contributed by atoms with Gasteiger partial charge in [0.15, 0.2) is 0 Å². The highest BCUT2D eigenvalue weighted by molar-refractivity contribution is 5.92. The standard InChI is InChI=1S/C25H30N2O4/c1-27(2)23(30)21(26-24(31)25(17-22(28)29)14-6-7-15-25)16-18-10-12-20(13-11-18)19-8-4-3-5-9-19/h3-5,8-13,21H,6-7,14-17H2,1-2H3,(H,26,31)(H,28,29). The number of hydrogen-bond donors (Lipinski definition) is 2. The summed E-state index contributed by atoms with van der Waals surface area (Å²) in [6, 6.07) is 17.2. The number of aliphatic carboxylic acids is 1. The summed E-state index contributed by atoms with van der Waals surface area (Å²) in [5.74, 6) is -1.51. The summed E-state index contributed by atoms with van der Waals surface area (Å²) in [6.07, 6.45) is 2.88. The zero-order valence-corrected chi connectivity index (χ0v) is 18.1. The molecular weight excluding hydrogens is 392 g/mol. The molecule has 0 bridgehead atoms. The van der Waals surface area contributed by atoms with Crippen molar-refractivity contribution in [1.82, 2.24) is 10.2 Å². The lowest BCUT2D eigenvalue weighted by Gasteiger charge is -2.30. The number of nitrogens with one attached hydrogen (secondary N) is 1. The first-order chi connectivity index (χ1) is 14.8. The molecule has 0 aromatic heterocycles. The Balaban J connectivity index is 1.77. The van der Waals surface area contributed by atoms with Crippen LogP contribution in [0.4, 0.5) is 0 Å². The van der Waals surface area contributed by atoms with Crippen molar-refractivity contribution in [3.8, 4) is 11.1 Å². The number of rotatable bonds is 8. The smallest absolute Gasteiger partial charge is 0.304 e. The molecule has 31 heavy (non-hydrogen) atoms. The van der Waals surface area contributed by atoms with Crippen LogP contribution in [0, 0.1) is 5.41 Å². The van der Waals surface area contributed by atoms with Crippen LogP contribution >= 0.6 is 0 Å². The Bertz CT molecular complexity index is 916. The molecule has 6 heteroatoms. The minimum absolute atomic E-state index is 0.201. The molecule has 3 rings (SSSR count). The Morgan fingerprint density at radius 1 is 0.968 bits per heavy atom. The maximum atomic E-state index is 13.1. The number of carboxylic acids is 1. The van der Waals surface area contributed by atoms with E-state index in [0.717, 1.165) is 29.5 Å². The van der Waals surface area contributed by atoms with E-state index in [2.05, 4.69) is 5.32 Å².